The standard InChI is InChI=1S/C18H20N4O2/c1-4-24-18(23)15(11-14-8-9-19-22(14)13(2)3)16-12-21-10-6-5-7-17(21)20-16/h5-13H,4H2,1-3H3/b15-11-. The van der Waals surface area contributed by atoms with E-state index in [9.17, 15) is 4.79 Å². The normalized spacial score (nSPS) is 12.1. The Hall–Kier alpha value is -2.89. The molecule has 0 aliphatic heterocycles. The lowest BCUT2D eigenvalue weighted by Crippen LogP contribution is -2.09. The van der Waals surface area contributed by atoms with Crippen LogP contribution in [0.1, 0.15) is 38.2 Å². The largest absolute Gasteiger partial charge is 0.462 e. The summed E-state index contributed by atoms with van der Waals surface area (Å²) in [5.41, 5.74) is 2.62. The van der Waals surface area contributed by atoms with Gasteiger partial charge in [-0.3, -0.25) is 4.68 Å². The maximum atomic E-state index is 12.5. The molecule has 0 N–H and O–H groups in total. The number of hydrogen-bond donors (Lipinski definition) is 0. The van der Waals surface area contributed by atoms with Crippen LogP contribution in [0.15, 0.2) is 42.9 Å². The van der Waals surface area contributed by atoms with Crippen molar-refractivity contribution in [3.8, 4) is 0 Å². The summed E-state index contributed by atoms with van der Waals surface area (Å²) < 4.78 is 8.95. The minimum atomic E-state index is -0.391. The van der Waals surface area contributed by atoms with Crippen LogP contribution >= 0.6 is 0 Å². The molecule has 0 unspecified atom stereocenters. The van der Waals surface area contributed by atoms with E-state index in [2.05, 4.69) is 10.1 Å². The number of ether oxygens (including phenoxy) is 1. The van der Waals surface area contributed by atoms with Crippen molar-refractivity contribution in [1.29, 1.82) is 0 Å². The zero-order chi connectivity index (χ0) is 17.1. The molecule has 0 aliphatic carbocycles. The molecule has 0 spiro atoms. The molecule has 0 amide bonds. The molecule has 124 valence electrons. The van der Waals surface area contributed by atoms with E-state index in [1.54, 1.807) is 19.2 Å². The van der Waals surface area contributed by atoms with E-state index in [1.807, 2.05) is 59.6 Å². The Morgan fingerprint density at radius 1 is 1.33 bits per heavy atom. The minimum absolute atomic E-state index is 0.191. The predicted molar refractivity (Wildman–Crippen MR) is 92.3 cm³/mol. The van der Waals surface area contributed by atoms with Gasteiger partial charge in [-0.1, -0.05) is 6.07 Å². The summed E-state index contributed by atoms with van der Waals surface area (Å²) in [6, 6.07) is 7.78. The van der Waals surface area contributed by atoms with Crippen molar-refractivity contribution in [1.82, 2.24) is 19.2 Å². The summed E-state index contributed by atoms with van der Waals surface area (Å²) in [6.07, 6.45) is 7.23. The fraction of sp³-hybridized carbons (Fsp3) is 0.278. The highest BCUT2D eigenvalue weighted by atomic mass is 16.5. The van der Waals surface area contributed by atoms with Crippen LogP contribution in [0.3, 0.4) is 0 Å². The zero-order valence-corrected chi connectivity index (χ0v) is 14.0. The van der Waals surface area contributed by atoms with Gasteiger partial charge in [0.1, 0.15) is 5.65 Å². The molecule has 0 fully saturated rings. The Bertz CT molecular complexity index is 856. The highest BCUT2D eigenvalue weighted by molar-refractivity contribution is 6.21. The van der Waals surface area contributed by atoms with Gasteiger partial charge in [0.25, 0.3) is 0 Å². The van der Waals surface area contributed by atoms with Gasteiger partial charge in [0.05, 0.1) is 23.6 Å². The molecule has 6 nitrogen and oxygen atoms in total. The summed E-state index contributed by atoms with van der Waals surface area (Å²) in [4.78, 5) is 17.0. The third-order valence-electron chi connectivity index (χ3n) is 3.62. The lowest BCUT2D eigenvalue weighted by molar-refractivity contribution is -0.136. The first kappa shape index (κ1) is 16.0. The van der Waals surface area contributed by atoms with Crippen molar-refractivity contribution in [2.45, 2.75) is 26.8 Å². The third-order valence-corrected chi connectivity index (χ3v) is 3.62. The van der Waals surface area contributed by atoms with Crippen LogP contribution in [0.2, 0.25) is 0 Å². The molecule has 3 aromatic rings. The molecule has 24 heavy (non-hydrogen) atoms. The Morgan fingerprint density at radius 3 is 2.88 bits per heavy atom. The van der Waals surface area contributed by atoms with Crippen molar-refractivity contribution < 1.29 is 9.53 Å². The molecule has 6 heteroatoms. The van der Waals surface area contributed by atoms with Gasteiger partial charge >= 0.3 is 5.97 Å². The average molecular weight is 324 g/mol. The predicted octanol–water partition coefficient (Wildman–Crippen LogP) is 3.22. The number of esters is 1. The Morgan fingerprint density at radius 2 is 2.17 bits per heavy atom. The van der Waals surface area contributed by atoms with Gasteiger partial charge in [-0.15, -0.1) is 0 Å². The van der Waals surface area contributed by atoms with Crippen LogP contribution in [0, 0.1) is 0 Å². The number of rotatable bonds is 5. The monoisotopic (exact) mass is 324 g/mol. The molecule has 0 radical (unpaired) electrons. The zero-order valence-electron chi connectivity index (χ0n) is 14.0. The van der Waals surface area contributed by atoms with Gasteiger partial charge in [0.2, 0.25) is 0 Å². The lowest BCUT2D eigenvalue weighted by atomic mass is 10.1. The second-order valence-electron chi connectivity index (χ2n) is 5.67. The minimum Gasteiger partial charge on any atom is -0.462 e. The van der Waals surface area contributed by atoms with Crippen LogP contribution in [0.5, 0.6) is 0 Å². The molecule has 0 saturated carbocycles. The van der Waals surface area contributed by atoms with Crippen molar-refractivity contribution >= 4 is 23.3 Å². The summed E-state index contributed by atoms with van der Waals surface area (Å²) in [5, 5.41) is 4.30. The first-order valence-corrected chi connectivity index (χ1v) is 7.96. The van der Waals surface area contributed by atoms with Gasteiger partial charge < -0.3 is 9.14 Å². The molecule has 0 saturated heterocycles. The number of nitrogens with zero attached hydrogens (tertiary/aromatic N) is 4. The molecule has 0 aromatic carbocycles. The topological polar surface area (TPSA) is 61.4 Å². The first-order valence-electron chi connectivity index (χ1n) is 7.96. The van der Waals surface area contributed by atoms with Crippen LogP contribution in [0.4, 0.5) is 0 Å². The smallest absolute Gasteiger partial charge is 0.340 e. The van der Waals surface area contributed by atoms with Crippen LogP contribution < -0.4 is 0 Å². The van der Waals surface area contributed by atoms with E-state index in [-0.39, 0.29) is 6.04 Å². The van der Waals surface area contributed by atoms with E-state index in [1.165, 1.54) is 0 Å². The van der Waals surface area contributed by atoms with E-state index >= 15 is 0 Å². The molecule has 3 rings (SSSR count). The fourth-order valence-corrected chi connectivity index (χ4v) is 2.53. The van der Waals surface area contributed by atoms with Crippen LogP contribution in [-0.4, -0.2) is 31.7 Å². The number of carbonyl (C=O) groups excluding carboxylic acids is 1. The van der Waals surface area contributed by atoms with Crippen LogP contribution in [0.25, 0.3) is 17.3 Å². The lowest BCUT2D eigenvalue weighted by Gasteiger charge is -2.09. The molecule has 0 aliphatic rings. The second-order valence-corrected chi connectivity index (χ2v) is 5.67. The van der Waals surface area contributed by atoms with E-state index in [4.69, 9.17) is 4.74 Å². The quantitative estimate of drug-likeness (QED) is 0.534. The SMILES string of the molecule is CCOC(=O)/C(=C\c1ccnn1C(C)C)c1cn2ccccc2n1. The maximum Gasteiger partial charge on any atom is 0.340 e. The fourth-order valence-electron chi connectivity index (χ4n) is 2.53. The summed E-state index contributed by atoms with van der Waals surface area (Å²) in [7, 11) is 0. The van der Waals surface area contributed by atoms with Gasteiger partial charge in [-0.2, -0.15) is 5.10 Å². The van der Waals surface area contributed by atoms with E-state index in [0.29, 0.717) is 17.9 Å². The van der Waals surface area contributed by atoms with Gasteiger partial charge in [0, 0.05) is 24.6 Å². The van der Waals surface area contributed by atoms with Crippen molar-refractivity contribution in [2.75, 3.05) is 6.61 Å². The number of imidazole rings is 1. The number of aromatic nitrogens is 4. The average Bonchev–Trinajstić information content (AvgIpc) is 3.18. The van der Waals surface area contributed by atoms with Crippen molar-refractivity contribution in [2.24, 2.45) is 0 Å². The number of carbonyl (C=O) groups is 1. The van der Waals surface area contributed by atoms with E-state index < -0.39 is 5.97 Å². The second kappa shape index (κ2) is 6.70. The third kappa shape index (κ3) is 3.08. The number of hydrogen-bond acceptors (Lipinski definition) is 4. The van der Waals surface area contributed by atoms with Crippen LogP contribution in [-0.2, 0) is 9.53 Å². The molecular formula is C18H20N4O2. The molecule has 3 aromatic heterocycles. The summed E-state index contributed by atoms with van der Waals surface area (Å²) in [6.45, 7) is 6.18. The van der Waals surface area contributed by atoms with Gasteiger partial charge in [0.15, 0.2) is 0 Å². The maximum absolute atomic E-state index is 12.5. The molecular weight excluding hydrogens is 304 g/mol. The Balaban J connectivity index is 2.11. The van der Waals surface area contributed by atoms with Gasteiger partial charge in [-0.25, -0.2) is 9.78 Å². The Kier molecular flexibility index (Phi) is 4.46. The number of fused-ring (bicyclic) bond motifs is 1. The van der Waals surface area contributed by atoms with Gasteiger partial charge in [-0.05, 0) is 45.0 Å². The Labute approximate surface area is 140 Å². The summed E-state index contributed by atoms with van der Waals surface area (Å²) in [5.74, 6) is -0.391. The summed E-state index contributed by atoms with van der Waals surface area (Å²) >= 11 is 0. The van der Waals surface area contributed by atoms with E-state index in [0.717, 1.165) is 11.3 Å². The first-order chi connectivity index (χ1) is 11.6. The number of pyridine rings is 1. The molecule has 0 bridgehead atoms. The van der Waals surface area contributed by atoms with Crippen molar-refractivity contribution in [3.63, 3.8) is 0 Å². The van der Waals surface area contributed by atoms with Crippen molar-refractivity contribution in [3.05, 3.63) is 54.2 Å². The molecule has 0 atom stereocenters. The highest BCUT2D eigenvalue weighted by Crippen LogP contribution is 2.21. The highest BCUT2D eigenvalue weighted by Gasteiger charge is 2.18. The molecule has 3 heterocycles.